The summed E-state index contributed by atoms with van der Waals surface area (Å²) >= 11 is 0. The van der Waals surface area contributed by atoms with E-state index in [1.54, 1.807) is 23.1 Å². The monoisotopic (exact) mass is 530 g/mol. The van der Waals surface area contributed by atoms with Crippen molar-refractivity contribution in [2.24, 2.45) is 0 Å². The first-order chi connectivity index (χ1) is 18.9. The molecule has 1 spiro atoms. The van der Waals surface area contributed by atoms with Crippen molar-refractivity contribution < 1.29 is 18.9 Å². The normalized spacial score (nSPS) is 17.1. The van der Waals surface area contributed by atoms with Gasteiger partial charge in [0, 0.05) is 42.4 Å². The molecule has 0 aromatic heterocycles. The van der Waals surface area contributed by atoms with Crippen molar-refractivity contribution in [3.05, 3.63) is 106 Å². The number of hydrogen-bond acceptors (Lipinski definition) is 6. The summed E-state index contributed by atoms with van der Waals surface area (Å²) in [4.78, 5) is 43.8. The van der Waals surface area contributed by atoms with E-state index in [9.17, 15) is 24.1 Å². The van der Waals surface area contributed by atoms with E-state index < -0.39 is 10.5 Å². The Hall–Kier alpha value is -4.11. The summed E-state index contributed by atoms with van der Waals surface area (Å²) < 4.78 is 13.1. The molecule has 9 heteroatoms. The van der Waals surface area contributed by atoms with Gasteiger partial charge in [0.25, 0.3) is 5.69 Å². The van der Waals surface area contributed by atoms with Crippen molar-refractivity contribution in [1.29, 1.82) is 0 Å². The maximum absolute atomic E-state index is 14.0. The number of nitro benzene ring substituents is 1. The highest BCUT2D eigenvalue weighted by molar-refractivity contribution is 5.96. The van der Waals surface area contributed by atoms with Crippen molar-refractivity contribution >= 4 is 23.1 Å². The molecule has 0 unspecified atom stereocenters. The smallest absolute Gasteiger partial charge is 0.274 e. The van der Waals surface area contributed by atoms with Gasteiger partial charge in [-0.25, -0.2) is 4.39 Å². The standard InChI is InChI=1S/C30H31FN4O4/c31-25-14-12-23(13-15-25)28(36)11-6-18-32-19-16-30(17-20-32)29(37)33(22-34(30)26-8-2-1-3-9-26)21-24-7-4-5-10-27(24)35(38)39/h1-5,7-10,12-15H,6,11,16-22H2. The third-order valence-electron chi connectivity index (χ3n) is 7.86. The Morgan fingerprint density at radius 3 is 2.31 bits per heavy atom. The molecule has 202 valence electrons. The lowest BCUT2D eigenvalue weighted by atomic mass is 9.85. The maximum atomic E-state index is 14.0. The Morgan fingerprint density at radius 1 is 0.949 bits per heavy atom. The van der Waals surface area contributed by atoms with Gasteiger partial charge in [0.2, 0.25) is 5.91 Å². The van der Waals surface area contributed by atoms with Crippen LogP contribution in [0.1, 0.15) is 41.6 Å². The molecule has 2 fully saturated rings. The predicted molar refractivity (Wildman–Crippen MR) is 146 cm³/mol. The minimum Gasteiger partial charge on any atom is -0.339 e. The predicted octanol–water partition coefficient (Wildman–Crippen LogP) is 5.04. The van der Waals surface area contributed by atoms with E-state index in [1.165, 1.54) is 30.3 Å². The lowest BCUT2D eigenvalue weighted by Crippen LogP contribution is -2.56. The molecule has 2 heterocycles. The first-order valence-electron chi connectivity index (χ1n) is 13.2. The van der Waals surface area contributed by atoms with E-state index in [-0.39, 0.29) is 29.7 Å². The van der Waals surface area contributed by atoms with Crippen molar-refractivity contribution in [2.75, 3.05) is 31.2 Å². The minimum absolute atomic E-state index is 0.00404. The van der Waals surface area contributed by atoms with Gasteiger partial charge in [-0.1, -0.05) is 36.4 Å². The molecule has 0 aliphatic carbocycles. The Bertz CT molecular complexity index is 1340. The van der Waals surface area contributed by atoms with Crippen LogP contribution in [0.25, 0.3) is 0 Å². The molecule has 1 amide bonds. The van der Waals surface area contributed by atoms with Gasteiger partial charge in [0.05, 0.1) is 18.1 Å². The Kier molecular flexibility index (Phi) is 7.70. The zero-order valence-corrected chi connectivity index (χ0v) is 21.7. The zero-order chi connectivity index (χ0) is 27.4. The van der Waals surface area contributed by atoms with Crippen LogP contribution < -0.4 is 4.90 Å². The third-order valence-corrected chi connectivity index (χ3v) is 7.86. The van der Waals surface area contributed by atoms with Gasteiger partial charge >= 0.3 is 0 Å². The number of halogens is 1. The SMILES string of the molecule is O=C(CCCN1CCC2(CC1)C(=O)N(Cc1ccccc1[N+](=O)[O-])CN2c1ccccc1)c1ccc(F)cc1. The van der Waals surface area contributed by atoms with Gasteiger partial charge in [0.1, 0.15) is 11.4 Å². The van der Waals surface area contributed by atoms with E-state index in [2.05, 4.69) is 9.80 Å². The van der Waals surface area contributed by atoms with E-state index in [0.717, 1.165) is 12.2 Å². The molecule has 0 saturated carbocycles. The highest BCUT2D eigenvalue weighted by Gasteiger charge is 2.53. The molecule has 0 radical (unpaired) electrons. The van der Waals surface area contributed by atoms with E-state index in [4.69, 9.17) is 0 Å². The number of para-hydroxylation sites is 2. The fraction of sp³-hybridized carbons (Fsp3) is 0.333. The average molecular weight is 531 g/mol. The third kappa shape index (κ3) is 5.54. The number of nitro groups is 1. The van der Waals surface area contributed by atoms with Gasteiger partial charge in [-0.15, -0.1) is 0 Å². The van der Waals surface area contributed by atoms with Crippen LogP contribution in [-0.2, 0) is 11.3 Å². The molecule has 3 aromatic carbocycles. The van der Waals surface area contributed by atoms with Gasteiger partial charge in [-0.05, 0) is 62.2 Å². The highest BCUT2D eigenvalue weighted by atomic mass is 19.1. The van der Waals surface area contributed by atoms with Gasteiger partial charge in [-0.2, -0.15) is 0 Å². The molecule has 39 heavy (non-hydrogen) atoms. The number of carbonyl (C=O) groups excluding carboxylic acids is 2. The number of Topliss-reactive ketones (excluding diaryl/α,β-unsaturated/α-hetero) is 1. The quantitative estimate of drug-likeness (QED) is 0.219. The summed E-state index contributed by atoms with van der Waals surface area (Å²) in [5.74, 6) is -0.369. The number of carbonyl (C=O) groups is 2. The van der Waals surface area contributed by atoms with Crippen LogP contribution in [0.3, 0.4) is 0 Å². The number of rotatable bonds is 9. The number of likely N-dealkylation sites (tertiary alicyclic amines) is 1. The molecule has 0 N–H and O–H groups in total. The molecular weight excluding hydrogens is 499 g/mol. The number of piperidine rings is 1. The number of benzene rings is 3. The lowest BCUT2D eigenvalue weighted by molar-refractivity contribution is -0.385. The molecule has 0 atom stereocenters. The topological polar surface area (TPSA) is 87.0 Å². The van der Waals surface area contributed by atoms with E-state index in [0.29, 0.717) is 56.6 Å². The molecule has 0 bridgehead atoms. The second-order valence-corrected chi connectivity index (χ2v) is 10.2. The summed E-state index contributed by atoms with van der Waals surface area (Å²) in [6.07, 6.45) is 2.31. The summed E-state index contributed by atoms with van der Waals surface area (Å²) in [5, 5.41) is 11.6. The number of hydrogen-bond donors (Lipinski definition) is 0. The molecule has 3 aromatic rings. The van der Waals surface area contributed by atoms with Crippen LogP contribution in [0.5, 0.6) is 0 Å². The van der Waals surface area contributed by atoms with Crippen LogP contribution in [-0.4, -0.2) is 58.3 Å². The second kappa shape index (κ2) is 11.3. The number of anilines is 1. The molecule has 5 rings (SSSR count). The molecular formula is C30H31FN4O4. The highest BCUT2D eigenvalue weighted by Crippen LogP contribution is 2.40. The largest absolute Gasteiger partial charge is 0.339 e. The van der Waals surface area contributed by atoms with Crippen LogP contribution >= 0.6 is 0 Å². The number of amides is 1. The zero-order valence-electron chi connectivity index (χ0n) is 21.7. The molecule has 8 nitrogen and oxygen atoms in total. The average Bonchev–Trinajstić information content (AvgIpc) is 3.21. The first-order valence-corrected chi connectivity index (χ1v) is 13.2. The summed E-state index contributed by atoms with van der Waals surface area (Å²) in [7, 11) is 0. The lowest BCUT2D eigenvalue weighted by Gasteiger charge is -2.43. The summed E-state index contributed by atoms with van der Waals surface area (Å²) in [6.45, 7) is 2.69. The van der Waals surface area contributed by atoms with Gasteiger partial charge < -0.3 is 14.7 Å². The Labute approximate surface area is 226 Å². The molecule has 2 aliphatic rings. The van der Waals surface area contributed by atoms with Gasteiger partial charge in [-0.3, -0.25) is 19.7 Å². The first kappa shape index (κ1) is 26.5. The fourth-order valence-electron chi connectivity index (χ4n) is 5.74. The van der Waals surface area contributed by atoms with Crippen LogP contribution in [0.2, 0.25) is 0 Å². The van der Waals surface area contributed by atoms with Crippen LogP contribution in [0.15, 0.2) is 78.9 Å². The number of ketones is 1. The minimum atomic E-state index is -0.717. The fourth-order valence-corrected chi connectivity index (χ4v) is 5.74. The summed E-state index contributed by atoms with van der Waals surface area (Å²) in [5.41, 5.74) is 1.29. The molecule has 2 aliphatic heterocycles. The Morgan fingerprint density at radius 2 is 1.62 bits per heavy atom. The van der Waals surface area contributed by atoms with Crippen LogP contribution in [0, 0.1) is 15.9 Å². The van der Waals surface area contributed by atoms with Crippen LogP contribution in [0.4, 0.5) is 15.8 Å². The maximum Gasteiger partial charge on any atom is 0.274 e. The van der Waals surface area contributed by atoms with Crippen molar-refractivity contribution in [3.8, 4) is 0 Å². The van der Waals surface area contributed by atoms with E-state index in [1.807, 2.05) is 30.3 Å². The van der Waals surface area contributed by atoms with E-state index >= 15 is 0 Å². The number of nitrogens with zero attached hydrogens (tertiary/aromatic N) is 4. The van der Waals surface area contributed by atoms with Crippen molar-refractivity contribution in [2.45, 2.75) is 37.8 Å². The van der Waals surface area contributed by atoms with Crippen molar-refractivity contribution in [3.63, 3.8) is 0 Å². The van der Waals surface area contributed by atoms with Crippen molar-refractivity contribution in [1.82, 2.24) is 9.80 Å². The Balaban J connectivity index is 1.26. The molecule has 2 saturated heterocycles. The van der Waals surface area contributed by atoms with Gasteiger partial charge in [0.15, 0.2) is 5.78 Å². The second-order valence-electron chi connectivity index (χ2n) is 10.2. The summed E-state index contributed by atoms with van der Waals surface area (Å²) in [6, 6.07) is 22.0.